The Morgan fingerprint density at radius 3 is 2.79 bits per heavy atom. The standard InChI is InChI=1S/C12H18N4O3/c17-11(14-6-9-4-2-1-3-5-9)10-7-13-8-16(10)15-12(18)19/h7-9,15H,1-6H2,(H,14,17)(H,18,19). The summed E-state index contributed by atoms with van der Waals surface area (Å²) in [5, 5.41) is 11.5. The fourth-order valence-electron chi connectivity index (χ4n) is 2.37. The molecule has 7 heteroatoms. The van der Waals surface area contributed by atoms with Gasteiger partial charge in [-0.2, -0.15) is 0 Å². The number of rotatable bonds is 4. The second-order valence-corrected chi connectivity index (χ2v) is 4.78. The van der Waals surface area contributed by atoms with Crippen LogP contribution in [0.1, 0.15) is 42.6 Å². The van der Waals surface area contributed by atoms with Crippen molar-refractivity contribution in [2.75, 3.05) is 12.0 Å². The summed E-state index contributed by atoms with van der Waals surface area (Å²) in [6, 6.07) is 0. The van der Waals surface area contributed by atoms with Crippen molar-refractivity contribution < 1.29 is 14.7 Å². The van der Waals surface area contributed by atoms with E-state index in [1.54, 1.807) is 0 Å². The summed E-state index contributed by atoms with van der Waals surface area (Å²) >= 11 is 0. The molecule has 7 nitrogen and oxygen atoms in total. The van der Waals surface area contributed by atoms with Gasteiger partial charge in [-0.05, 0) is 18.8 Å². The number of aromatic nitrogens is 2. The Morgan fingerprint density at radius 1 is 1.37 bits per heavy atom. The van der Waals surface area contributed by atoms with E-state index in [1.807, 2.05) is 0 Å². The van der Waals surface area contributed by atoms with Gasteiger partial charge in [0.25, 0.3) is 5.91 Å². The van der Waals surface area contributed by atoms with Crippen molar-refractivity contribution in [3.8, 4) is 0 Å². The average molecular weight is 266 g/mol. The zero-order chi connectivity index (χ0) is 13.7. The molecular weight excluding hydrogens is 248 g/mol. The van der Waals surface area contributed by atoms with Gasteiger partial charge in [-0.1, -0.05) is 19.3 Å². The third-order valence-electron chi connectivity index (χ3n) is 3.36. The largest absolute Gasteiger partial charge is 0.464 e. The number of nitrogens with zero attached hydrogens (tertiary/aromatic N) is 2. The molecule has 1 aliphatic rings. The zero-order valence-electron chi connectivity index (χ0n) is 10.6. The fourth-order valence-corrected chi connectivity index (χ4v) is 2.37. The van der Waals surface area contributed by atoms with Crippen LogP contribution < -0.4 is 10.7 Å². The highest BCUT2D eigenvalue weighted by atomic mass is 16.4. The van der Waals surface area contributed by atoms with Crippen molar-refractivity contribution in [1.82, 2.24) is 15.0 Å². The SMILES string of the molecule is O=C(O)Nn1cncc1C(=O)NCC1CCCCC1. The van der Waals surface area contributed by atoms with Gasteiger partial charge in [0.1, 0.15) is 12.0 Å². The van der Waals surface area contributed by atoms with Gasteiger partial charge in [-0.15, -0.1) is 0 Å². The van der Waals surface area contributed by atoms with Crippen molar-refractivity contribution in [2.24, 2.45) is 5.92 Å². The molecule has 3 N–H and O–H groups in total. The summed E-state index contributed by atoms with van der Waals surface area (Å²) in [5.41, 5.74) is 2.27. The summed E-state index contributed by atoms with van der Waals surface area (Å²) in [4.78, 5) is 26.3. The van der Waals surface area contributed by atoms with Crippen LogP contribution in [0.4, 0.5) is 4.79 Å². The number of imidazole rings is 1. The molecule has 1 fully saturated rings. The van der Waals surface area contributed by atoms with Crippen LogP contribution in [0.2, 0.25) is 0 Å². The Bertz CT molecular complexity index is 452. The van der Waals surface area contributed by atoms with Crippen LogP contribution in [0.25, 0.3) is 0 Å². The van der Waals surface area contributed by atoms with Crippen LogP contribution in [0.15, 0.2) is 12.5 Å². The lowest BCUT2D eigenvalue weighted by Crippen LogP contribution is -2.33. The molecule has 2 rings (SSSR count). The van der Waals surface area contributed by atoms with Gasteiger partial charge in [0.15, 0.2) is 0 Å². The Labute approximate surface area is 111 Å². The smallest absolute Gasteiger partial charge is 0.424 e. The van der Waals surface area contributed by atoms with Crippen molar-refractivity contribution in [3.63, 3.8) is 0 Å². The number of hydrogen-bond acceptors (Lipinski definition) is 3. The molecule has 0 aliphatic heterocycles. The topological polar surface area (TPSA) is 96.2 Å². The highest BCUT2D eigenvalue weighted by molar-refractivity contribution is 5.93. The molecule has 2 amide bonds. The molecule has 1 aromatic rings. The van der Waals surface area contributed by atoms with E-state index < -0.39 is 6.09 Å². The number of carbonyl (C=O) groups is 2. The molecule has 0 radical (unpaired) electrons. The van der Waals surface area contributed by atoms with Crippen LogP contribution in [0.5, 0.6) is 0 Å². The van der Waals surface area contributed by atoms with E-state index in [4.69, 9.17) is 5.11 Å². The van der Waals surface area contributed by atoms with E-state index in [1.165, 1.54) is 31.8 Å². The molecule has 104 valence electrons. The Hall–Kier alpha value is -2.05. The minimum atomic E-state index is -1.24. The lowest BCUT2D eigenvalue weighted by Gasteiger charge is -2.21. The second kappa shape index (κ2) is 6.21. The molecule has 0 aromatic carbocycles. The van der Waals surface area contributed by atoms with E-state index in [2.05, 4.69) is 15.7 Å². The highest BCUT2D eigenvalue weighted by Crippen LogP contribution is 2.22. The fraction of sp³-hybridized carbons (Fsp3) is 0.583. The van der Waals surface area contributed by atoms with Crippen LogP contribution in [0.3, 0.4) is 0 Å². The lowest BCUT2D eigenvalue weighted by molar-refractivity contribution is 0.0936. The summed E-state index contributed by atoms with van der Waals surface area (Å²) in [6.45, 7) is 0.636. The third-order valence-corrected chi connectivity index (χ3v) is 3.36. The van der Waals surface area contributed by atoms with Crippen molar-refractivity contribution >= 4 is 12.0 Å². The molecule has 19 heavy (non-hydrogen) atoms. The summed E-state index contributed by atoms with van der Waals surface area (Å²) in [5.74, 6) is 0.221. The van der Waals surface area contributed by atoms with Crippen LogP contribution in [-0.4, -0.2) is 33.3 Å². The molecule has 0 saturated heterocycles. The Morgan fingerprint density at radius 2 is 2.11 bits per heavy atom. The first-order valence-corrected chi connectivity index (χ1v) is 6.47. The van der Waals surface area contributed by atoms with Gasteiger partial charge in [-0.25, -0.2) is 19.9 Å². The van der Waals surface area contributed by atoms with Crippen LogP contribution >= 0.6 is 0 Å². The normalized spacial score (nSPS) is 16.0. The second-order valence-electron chi connectivity index (χ2n) is 4.78. The average Bonchev–Trinajstić information content (AvgIpc) is 2.84. The molecule has 1 aromatic heterocycles. The van der Waals surface area contributed by atoms with E-state index in [0.29, 0.717) is 12.5 Å². The number of carbonyl (C=O) groups excluding carboxylic acids is 1. The summed E-state index contributed by atoms with van der Waals surface area (Å²) in [7, 11) is 0. The molecule has 0 bridgehead atoms. The first-order chi connectivity index (χ1) is 9.16. The van der Waals surface area contributed by atoms with Crippen LogP contribution in [-0.2, 0) is 0 Å². The highest BCUT2D eigenvalue weighted by Gasteiger charge is 2.17. The van der Waals surface area contributed by atoms with Crippen molar-refractivity contribution in [3.05, 3.63) is 18.2 Å². The van der Waals surface area contributed by atoms with Gasteiger partial charge in [0.2, 0.25) is 0 Å². The quantitative estimate of drug-likeness (QED) is 0.767. The van der Waals surface area contributed by atoms with Crippen LogP contribution in [0, 0.1) is 5.92 Å². The van der Waals surface area contributed by atoms with E-state index in [9.17, 15) is 9.59 Å². The molecule has 0 unspecified atom stereocenters. The molecular formula is C12H18N4O3. The third kappa shape index (κ3) is 3.70. The van der Waals surface area contributed by atoms with Gasteiger partial charge < -0.3 is 10.4 Å². The van der Waals surface area contributed by atoms with E-state index in [-0.39, 0.29) is 11.6 Å². The van der Waals surface area contributed by atoms with E-state index >= 15 is 0 Å². The van der Waals surface area contributed by atoms with Crippen molar-refractivity contribution in [1.29, 1.82) is 0 Å². The van der Waals surface area contributed by atoms with Gasteiger partial charge in [0.05, 0.1) is 6.20 Å². The number of carboxylic acid groups (broad SMARTS) is 1. The predicted molar refractivity (Wildman–Crippen MR) is 68.5 cm³/mol. The maximum absolute atomic E-state index is 11.9. The van der Waals surface area contributed by atoms with Crippen molar-refractivity contribution in [2.45, 2.75) is 32.1 Å². The monoisotopic (exact) mass is 266 g/mol. The van der Waals surface area contributed by atoms with E-state index in [0.717, 1.165) is 17.5 Å². The Balaban J connectivity index is 1.88. The summed E-state index contributed by atoms with van der Waals surface area (Å²) < 4.78 is 1.10. The first-order valence-electron chi connectivity index (χ1n) is 6.47. The van der Waals surface area contributed by atoms with Gasteiger partial charge >= 0.3 is 6.09 Å². The molecule has 1 aliphatic carbocycles. The van der Waals surface area contributed by atoms with Gasteiger partial charge in [0, 0.05) is 6.54 Å². The maximum atomic E-state index is 11.9. The minimum Gasteiger partial charge on any atom is -0.464 e. The number of hydrogen-bond donors (Lipinski definition) is 3. The zero-order valence-corrected chi connectivity index (χ0v) is 10.6. The molecule has 1 heterocycles. The summed E-state index contributed by atoms with van der Waals surface area (Å²) in [6.07, 6.45) is 7.37. The predicted octanol–water partition coefficient (Wildman–Crippen LogP) is 1.41. The number of amides is 2. The maximum Gasteiger partial charge on any atom is 0.424 e. The molecule has 1 saturated carbocycles. The minimum absolute atomic E-state index is 0.193. The molecule has 0 spiro atoms. The lowest BCUT2D eigenvalue weighted by atomic mass is 9.89. The molecule has 0 atom stereocenters. The van der Waals surface area contributed by atoms with Gasteiger partial charge in [-0.3, -0.25) is 4.79 Å². The first kappa shape index (κ1) is 13.4. The number of nitrogens with one attached hydrogen (secondary N) is 2. The Kier molecular flexibility index (Phi) is 4.38.